The van der Waals surface area contributed by atoms with Crippen LogP contribution in [0.25, 0.3) is 11.6 Å². The molecule has 2 aromatic rings. The van der Waals surface area contributed by atoms with Crippen molar-refractivity contribution in [1.82, 2.24) is 15.2 Å². The normalized spacial score (nSPS) is 16.7. The average molecular weight is 485 g/mol. The molecule has 3 amide bonds. The predicted molar refractivity (Wildman–Crippen MR) is 124 cm³/mol. The molecule has 162 valence electrons. The molecule has 7 nitrogen and oxygen atoms in total. The Kier molecular flexibility index (Phi) is 6.00. The smallest absolute Gasteiger partial charge is 0.256 e. The molecule has 0 aliphatic carbocycles. The zero-order chi connectivity index (χ0) is 22.1. The van der Waals surface area contributed by atoms with Crippen LogP contribution < -0.4 is 10.6 Å². The minimum atomic E-state index is -0.165. The van der Waals surface area contributed by atoms with E-state index in [0.29, 0.717) is 30.6 Å². The second kappa shape index (κ2) is 8.70. The van der Waals surface area contributed by atoms with Crippen molar-refractivity contribution < 1.29 is 14.4 Å². The third kappa shape index (κ3) is 4.30. The topological polar surface area (TPSA) is 94.3 Å². The van der Waals surface area contributed by atoms with Gasteiger partial charge in [0.1, 0.15) is 0 Å². The fraction of sp³-hybridized carbons (Fsp3) is 0.348. The van der Waals surface area contributed by atoms with Crippen LogP contribution in [0.1, 0.15) is 52.1 Å². The molecule has 4 rings (SSSR count). The van der Waals surface area contributed by atoms with E-state index in [1.807, 2.05) is 36.9 Å². The van der Waals surface area contributed by atoms with Crippen LogP contribution in [0.5, 0.6) is 0 Å². The standard InChI is InChI=1S/C23H25BrN4O3/c1-13-19(12-17-16-11-15(24)6-7-18(16)27-22(17)30)26-14(2)21(13)23(31)25-8-4-10-28-9-3-5-20(28)29/h6-7,11-12,26H,3-5,8-10H2,1-2H3,(H,25,31)(H,27,30)/b17-12-. The summed E-state index contributed by atoms with van der Waals surface area (Å²) in [5.74, 6) is -0.115. The Labute approximate surface area is 189 Å². The summed E-state index contributed by atoms with van der Waals surface area (Å²) in [6.45, 7) is 5.72. The molecule has 3 N–H and O–H groups in total. The number of nitrogens with zero attached hydrogens (tertiary/aromatic N) is 1. The van der Waals surface area contributed by atoms with E-state index in [0.717, 1.165) is 52.1 Å². The summed E-state index contributed by atoms with van der Waals surface area (Å²) in [4.78, 5) is 42.0. The van der Waals surface area contributed by atoms with Gasteiger partial charge in [-0.15, -0.1) is 0 Å². The Morgan fingerprint density at radius 1 is 1.29 bits per heavy atom. The Bertz CT molecular complexity index is 1100. The Morgan fingerprint density at radius 2 is 2.10 bits per heavy atom. The molecule has 0 saturated carbocycles. The number of nitrogens with one attached hydrogen (secondary N) is 3. The SMILES string of the molecule is Cc1[nH]c(/C=C2\C(=O)Nc3ccc(Br)cc32)c(C)c1C(=O)NCCCN1CCCC1=O. The second-order valence-corrected chi connectivity index (χ2v) is 8.88. The molecule has 8 heteroatoms. The van der Waals surface area contributed by atoms with Gasteiger partial charge in [-0.3, -0.25) is 14.4 Å². The maximum absolute atomic E-state index is 12.8. The van der Waals surface area contributed by atoms with Crippen LogP contribution in [0.2, 0.25) is 0 Å². The van der Waals surface area contributed by atoms with Crippen LogP contribution in [0.4, 0.5) is 5.69 Å². The number of likely N-dealkylation sites (tertiary alicyclic amines) is 1. The molecular formula is C23H25BrN4O3. The Hall–Kier alpha value is -2.87. The highest BCUT2D eigenvalue weighted by Gasteiger charge is 2.26. The van der Waals surface area contributed by atoms with Gasteiger partial charge in [-0.2, -0.15) is 0 Å². The zero-order valence-electron chi connectivity index (χ0n) is 17.6. The van der Waals surface area contributed by atoms with Gasteiger partial charge >= 0.3 is 0 Å². The van der Waals surface area contributed by atoms with Gasteiger partial charge in [0.25, 0.3) is 11.8 Å². The number of hydrogen-bond donors (Lipinski definition) is 3. The number of fused-ring (bicyclic) bond motifs is 1. The fourth-order valence-corrected chi connectivity index (χ4v) is 4.57. The number of carbonyl (C=O) groups excluding carboxylic acids is 3. The largest absolute Gasteiger partial charge is 0.358 e. The number of aryl methyl sites for hydroxylation is 1. The maximum Gasteiger partial charge on any atom is 0.256 e. The van der Waals surface area contributed by atoms with Crippen molar-refractivity contribution in [2.45, 2.75) is 33.1 Å². The van der Waals surface area contributed by atoms with E-state index in [9.17, 15) is 14.4 Å². The van der Waals surface area contributed by atoms with Crippen molar-refractivity contribution in [3.8, 4) is 0 Å². The Morgan fingerprint density at radius 3 is 2.84 bits per heavy atom. The summed E-state index contributed by atoms with van der Waals surface area (Å²) in [5, 5.41) is 5.83. The number of aromatic nitrogens is 1. The average Bonchev–Trinajstić information content (AvgIpc) is 3.35. The zero-order valence-corrected chi connectivity index (χ0v) is 19.2. The summed E-state index contributed by atoms with van der Waals surface area (Å²) in [6, 6.07) is 5.65. The Balaban J connectivity index is 1.47. The third-order valence-electron chi connectivity index (χ3n) is 5.82. The first-order chi connectivity index (χ1) is 14.8. The second-order valence-electron chi connectivity index (χ2n) is 7.96. The molecule has 1 fully saturated rings. The monoisotopic (exact) mass is 484 g/mol. The van der Waals surface area contributed by atoms with Crippen molar-refractivity contribution in [1.29, 1.82) is 0 Å². The first kappa shape index (κ1) is 21.4. The lowest BCUT2D eigenvalue weighted by Gasteiger charge is -2.15. The summed E-state index contributed by atoms with van der Waals surface area (Å²) < 4.78 is 0.892. The number of rotatable bonds is 6. The molecule has 1 aromatic heterocycles. The van der Waals surface area contributed by atoms with Crippen molar-refractivity contribution in [3.63, 3.8) is 0 Å². The highest BCUT2D eigenvalue weighted by atomic mass is 79.9. The van der Waals surface area contributed by atoms with Gasteiger partial charge in [0.15, 0.2) is 0 Å². The molecule has 1 aromatic carbocycles. The minimum Gasteiger partial charge on any atom is -0.358 e. The van der Waals surface area contributed by atoms with E-state index in [4.69, 9.17) is 0 Å². The van der Waals surface area contributed by atoms with E-state index in [1.165, 1.54) is 0 Å². The maximum atomic E-state index is 12.8. The first-order valence-electron chi connectivity index (χ1n) is 10.4. The van der Waals surface area contributed by atoms with E-state index < -0.39 is 0 Å². The molecule has 0 atom stereocenters. The third-order valence-corrected chi connectivity index (χ3v) is 6.31. The van der Waals surface area contributed by atoms with Crippen LogP contribution in [0.15, 0.2) is 22.7 Å². The molecule has 0 unspecified atom stereocenters. The molecule has 0 bridgehead atoms. The number of aromatic amines is 1. The van der Waals surface area contributed by atoms with E-state index in [2.05, 4.69) is 31.5 Å². The summed E-state index contributed by atoms with van der Waals surface area (Å²) in [5.41, 5.74) is 5.05. The van der Waals surface area contributed by atoms with Gasteiger partial charge in [-0.1, -0.05) is 15.9 Å². The number of halogens is 1. The van der Waals surface area contributed by atoms with Crippen LogP contribution in [0, 0.1) is 13.8 Å². The highest BCUT2D eigenvalue weighted by molar-refractivity contribution is 9.10. The van der Waals surface area contributed by atoms with Crippen molar-refractivity contribution >= 4 is 51.0 Å². The van der Waals surface area contributed by atoms with Crippen LogP contribution in [-0.4, -0.2) is 47.2 Å². The van der Waals surface area contributed by atoms with Gasteiger partial charge in [0, 0.05) is 53.2 Å². The van der Waals surface area contributed by atoms with Crippen molar-refractivity contribution in [3.05, 3.63) is 50.8 Å². The fourth-order valence-electron chi connectivity index (χ4n) is 4.21. The molecular weight excluding hydrogens is 460 g/mol. The quantitative estimate of drug-likeness (QED) is 0.431. The van der Waals surface area contributed by atoms with Gasteiger partial charge in [-0.05, 0) is 56.5 Å². The molecule has 2 aliphatic heterocycles. The molecule has 31 heavy (non-hydrogen) atoms. The van der Waals surface area contributed by atoms with Gasteiger partial charge in [0.2, 0.25) is 5.91 Å². The van der Waals surface area contributed by atoms with Crippen LogP contribution >= 0.6 is 15.9 Å². The highest BCUT2D eigenvalue weighted by Crippen LogP contribution is 2.35. The number of hydrogen-bond acceptors (Lipinski definition) is 3. The predicted octanol–water partition coefficient (Wildman–Crippen LogP) is 3.63. The number of carbonyl (C=O) groups is 3. The molecule has 0 radical (unpaired) electrons. The lowest BCUT2D eigenvalue weighted by Crippen LogP contribution is -2.31. The molecule has 0 spiro atoms. The molecule has 1 saturated heterocycles. The molecule has 3 heterocycles. The number of H-pyrrole nitrogens is 1. The van der Waals surface area contributed by atoms with Crippen LogP contribution in [-0.2, 0) is 9.59 Å². The lowest BCUT2D eigenvalue weighted by molar-refractivity contribution is -0.127. The van der Waals surface area contributed by atoms with E-state index in [-0.39, 0.29) is 17.7 Å². The summed E-state index contributed by atoms with van der Waals surface area (Å²) in [7, 11) is 0. The van der Waals surface area contributed by atoms with Gasteiger partial charge in [0.05, 0.1) is 11.1 Å². The number of benzene rings is 1. The minimum absolute atomic E-state index is 0.150. The van der Waals surface area contributed by atoms with Gasteiger partial charge in [-0.25, -0.2) is 0 Å². The van der Waals surface area contributed by atoms with E-state index >= 15 is 0 Å². The summed E-state index contributed by atoms with van der Waals surface area (Å²) >= 11 is 3.45. The first-order valence-corrected chi connectivity index (χ1v) is 11.2. The van der Waals surface area contributed by atoms with E-state index in [1.54, 1.807) is 6.08 Å². The van der Waals surface area contributed by atoms with Crippen molar-refractivity contribution in [2.75, 3.05) is 25.0 Å². The molecule has 2 aliphatic rings. The number of amides is 3. The summed E-state index contributed by atoms with van der Waals surface area (Å²) in [6.07, 6.45) is 4.07. The lowest BCUT2D eigenvalue weighted by atomic mass is 10.0. The van der Waals surface area contributed by atoms with Crippen LogP contribution in [0.3, 0.4) is 0 Å². The van der Waals surface area contributed by atoms with Gasteiger partial charge < -0.3 is 20.5 Å². The number of anilines is 1. The van der Waals surface area contributed by atoms with Crippen molar-refractivity contribution in [2.24, 2.45) is 0 Å².